The highest BCUT2D eigenvalue weighted by atomic mass is 32.1. The van der Waals surface area contributed by atoms with Crippen LogP contribution in [0.5, 0.6) is 16.7 Å². The minimum absolute atomic E-state index is 0.237. The quantitative estimate of drug-likeness (QED) is 0.340. The molecule has 4 aromatic heterocycles. The average Bonchev–Trinajstić information content (AvgIpc) is 3.65. The fourth-order valence-electron chi connectivity index (χ4n) is 3.74. The van der Waals surface area contributed by atoms with E-state index in [1.165, 1.54) is 11.3 Å². The van der Waals surface area contributed by atoms with E-state index in [4.69, 9.17) is 27.8 Å². The molecule has 0 saturated carbocycles. The predicted octanol–water partition coefficient (Wildman–Crippen LogP) is 3.62. The number of oxazole rings is 1. The highest BCUT2D eigenvalue weighted by Crippen LogP contribution is 2.37. The van der Waals surface area contributed by atoms with Crippen LogP contribution < -0.4 is 19.1 Å². The van der Waals surface area contributed by atoms with Gasteiger partial charge in [0.05, 0.1) is 39.0 Å². The summed E-state index contributed by atoms with van der Waals surface area (Å²) >= 11 is 1.35. The van der Waals surface area contributed by atoms with Gasteiger partial charge in [0.2, 0.25) is 4.96 Å². The molecule has 1 aromatic carbocycles. The highest BCUT2D eigenvalue weighted by molar-refractivity contribution is 7.18. The van der Waals surface area contributed by atoms with Crippen molar-refractivity contribution in [3.05, 3.63) is 36.4 Å². The third-order valence-electron chi connectivity index (χ3n) is 5.46. The minimum Gasteiger partial charge on any atom is -0.496 e. The van der Waals surface area contributed by atoms with Crippen LogP contribution >= 0.6 is 11.3 Å². The number of ether oxygens (including phenoxy) is 4. The van der Waals surface area contributed by atoms with Crippen LogP contribution in [0, 0.1) is 0 Å². The first-order valence-electron chi connectivity index (χ1n) is 10.6. The molecule has 12 heteroatoms. The molecule has 176 valence electrons. The number of fused-ring (bicyclic) bond motifs is 2. The van der Waals surface area contributed by atoms with Crippen LogP contribution in [-0.2, 0) is 11.3 Å². The van der Waals surface area contributed by atoms with Gasteiger partial charge in [0.1, 0.15) is 41.3 Å². The van der Waals surface area contributed by atoms with E-state index in [1.807, 2.05) is 18.2 Å². The van der Waals surface area contributed by atoms with Crippen molar-refractivity contribution in [3.8, 4) is 28.1 Å². The molecule has 0 aliphatic carbocycles. The van der Waals surface area contributed by atoms with Crippen molar-refractivity contribution < 1.29 is 27.8 Å². The summed E-state index contributed by atoms with van der Waals surface area (Å²) in [7, 11) is 3.18. The third-order valence-corrected chi connectivity index (χ3v) is 6.34. The number of aromatic nitrogens is 4. The molecule has 6 rings (SSSR count). The van der Waals surface area contributed by atoms with E-state index in [0.29, 0.717) is 63.6 Å². The Bertz CT molecular complexity index is 1420. The van der Waals surface area contributed by atoms with Gasteiger partial charge in [-0.2, -0.15) is 4.98 Å². The van der Waals surface area contributed by atoms with E-state index in [0.717, 1.165) is 18.5 Å². The standard InChI is InChI=1S/C22H21N5O6S/c1-28-14-7-17(31-11-13-12-32-20(23-13)26-3-5-30-6-4-26)15-9-19(33-18(15)8-14)16-10-27-21(24-16)34-22(25-27)29-2/h7-10,12H,3-6,11H2,1-2H3. The van der Waals surface area contributed by atoms with E-state index in [1.54, 1.807) is 31.2 Å². The molecule has 0 radical (unpaired) electrons. The molecule has 5 heterocycles. The molecule has 1 aliphatic heterocycles. The summed E-state index contributed by atoms with van der Waals surface area (Å²) in [6, 6.07) is 6.12. The van der Waals surface area contributed by atoms with Crippen LogP contribution in [0.4, 0.5) is 6.01 Å². The molecular weight excluding hydrogens is 462 g/mol. The summed E-state index contributed by atoms with van der Waals surface area (Å²) in [6.45, 7) is 3.07. The summed E-state index contributed by atoms with van der Waals surface area (Å²) in [6.07, 6.45) is 3.41. The molecule has 1 aliphatic rings. The summed E-state index contributed by atoms with van der Waals surface area (Å²) in [5.41, 5.74) is 1.98. The van der Waals surface area contributed by atoms with Crippen LogP contribution in [0.1, 0.15) is 5.69 Å². The van der Waals surface area contributed by atoms with Crippen molar-refractivity contribution in [2.75, 3.05) is 45.4 Å². The Morgan fingerprint density at radius 3 is 2.76 bits per heavy atom. The van der Waals surface area contributed by atoms with E-state index in [2.05, 4.69) is 20.0 Å². The Morgan fingerprint density at radius 2 is 1.97 bits per heavy atom. The smallest absolute Gasteiger partial charge is 0.297 e. The number of rotatable bonds is 7. The van der Waals surface area contributed by atoms with Gasteiger partial charge in [-0.25, -0.2) is 9.50 Å². The maximum absolute atomic E-state index is 6.11. The Labute approximate surface area is 197 Å². The molecule has 34 heavy (non-hydrogen) atoms. The predicted molar refractivity (Wildman–Crippen MR) is 123 cm³/mol. The summed E-state index contributed by atoms with van der Waals surface area (Å²) in [5, 5.41) is 5.66. The lowest BCUT2D eigenvalue weighted by atomic mass is 10.2. The summed E-state index contributed by atoms with van der Waals surface area (Å²) < 4.78 is 35.5. The number of hydrogen-bond acceptors (Lipinski definition) is 11. The number of imidazole rings is 1. The zero-order valence-corrected chi connectivity index (χ0v) is 19.3. The van der Waals surface area contributed by atoms with E-state index in [9.17, 15) is 0 Å². The van der Waals surface area contributed by atoms with Crippen molar-refractivity contribution in [1.82, 2.24) is 19.6 Å². The van der Waals surface area contributed by atoms with Crippen LogP contribution in [0.25, 0.3) is 27.4 Å². The fraction of sp³-hybridized carbons (Fsp3) is 0.318. The average molecular weight is 484 g/mol. The van der Waals surface area contributed by atoms with Crippen LogP contribution in [-0.4, -0.2) is 60.1 Å². The van der Waals surface area contributed by atoms with Crippen LogP contribution in [0.3, 0.4) is 0 Å². The van der Waals surface area contributed by atoms with E-state index in [-0.39, 0.29) is 6.61 Å². The molecular formula is C22H21N5O6S. The summed E-state index contributed by atoms with van der Waals surface area (Å²) in [4.78, 5) is 11.9. The van der Waals surface area contributed by atoms with Gasteiger partial charge in [-0.15, -0.1) is 5.10 Å². The van der Waals surface area contributed by atoms with Gasteiger partial charge < -0.3 is 32.7 Å². The number of hydrogen-bond donors (Lipinski definition) is 0. The summed E-state index contributed by atoms with van der Waals surface area (Å²) in [5.74, 6) is 1.83. The van der Waals surface area contributed by atoms with Gasteiger partial charge in [-0.1, -0.05) is 0 Å². The van der Waals surface area contributed by atoms with Crippen molar-refractivity contribution in [1.29, 1.82) is 0 Å². The van der Waals surface area contributed by atoms with E-state index < -0.39 is 0 Å². The molecule has 11 nitrogen and oxygen atoms in total. The molecule has 0 amide bonds. The zero-order valence-electron chi connectivity index (χ0n) is 18.5. The van der Waals surface area contributed by atoms with Gasteiger partial charge in [0.25, 0.3) is 11.2 Å². The topological polar surface area (TPSA) is 110 Å². The first-order valence-corrected chi connectivity index (χ1v) is 11.4. The van der Waals surface area contributed by atoms with Crippen molar-refractivity contribution in [2.45, 2.75) is 6.61 Å². The number of methoxy groups -OCH3 is 2. The van der Waals surface area contributed by atoms with Gasteiger partial charge >= 0.3 is 0 Å². The zero-order chi connectivity index (χ0) is 23.1. The second kappa shape index (κ2) is 8.54. The third kappa shape index (κ3) is 3.80. The number of anilines is 1. The number of nitrogens with zero attached hydrogens (tertiary/aromatic N) is 5. The van der Waals surface area contributed by atoms with Crippen molar-refractivity contribution >= 4 is 33.3 Å². The molecule has 0 bridgehead atoms. The normalized spacial score (nSPS) is 14.2. The molecule has 1 fully saturated rings. The molecule has 0 N–H and O–H groups in total. The SMILES string of the molecule is COc1cc(OCc2coc(N3CCOCC3)n2)c2cc(-c3cn4nc(OC)sc4n3)oc2c1. The van der Waals surface area contributed by atoms with Crippen molar-refractivity contribution in [2.24, 2.45) is 0 Å². The first-order chi connectivity index (χ1) is 16.7. The highest BCUT2D eigenvalue weighted by Gasteiger charge is 2.19. The Hall–Kier alpha value is -3.77. The lowest BCUT2D eigenvalue weighted by molar-refractivity contribution is 0.120. The maximum atomic E-state index is 6.11. The minimum atomic E-state index is 0.237. The Morgan fingerprint density at radius 1 is 1.09 bits per heavy atom. The number of morpholine rings is 1. The van der Waals surface area contributed by atoms with Gasteiger partial charge in [0, 0.05) is 25.2 Å². The first kappa shape index (κ1) is 20.8. The van der Waals surface area contributed by atoms with Gasteiger partial charge in [-0.05, 0) is 17.4 Å². The molecule has 0 spiro atoms. The molecule has 0 unspecified atom stereocenters. The molecule has 0 atom stereocenters. The molecule has 5 aromatic rings. The maximum Gasteiger partial charge on any atom is 0.297 e. The van der Waals surface area contributed by atoms with Crippen molar-refractivity contribution in [3.63, 3.8) is 0 Å². The van der Waals surface area contributed by atoms with Gasteiger partial charge in [-0.3, -0.25) is 0 Å². The largest absolute Gasteiger partial charge is 0.496 e. The Balaban J connectivity index is 1.27. The number of furan rings is 1. The fourth-order valence-corrected chi connectivity index (χ4v) is 4.44. The second-order valence-electron chi connectivity index (χ2n) is 7.58. The van der Waals surface area contributed by atoms with Crippen LogP contribution in [0.15, 0.2) is 39.5 Å². The van der Waals surface area contributed by atoms with E-state index >= 15 is 0 Å². The van der Waals surface area contributed by atoms with Crippen LogP contribution in [0.2, 0.25) is 0 Å². The lowest BCUT2D eigenvalue weighted by Crippen LogP contribution is -2.36. The van der Waals surface area contributed by atoms with Gasteiger partial charge in [0.15, 0.2) is 5.76 Å². The number of benzene rings is 1. The lowest BCUT2D eigenvalue weighted by Gasteiger charge is -2.24. The molecule has 1 saturated heterocycles. The Kier molecular flexibility index (Phi) is 5.23. The monoisotopic (exact) mass is 483 g/mol. The second-order valence-corrected chi connectivity index (χ2v) is 8.50.